The molecule has 1 aromatic heterocycles. The Morgan fingerprint density at radius 1 is 1.09 bits per heavy atom. The van der Waals surface area contributed by atoms with Crippen molar-refractivity contribution in [3.63, 3.8) is 0 Å². The number of hydrogen-bond acceptors (Lipinski definition) is 6. The standard InChI is InChI=1S/C25H32ClN5O2.2ClH/c1-17-2-7-22-23(17)24(28-16-27-22)30-10-12-31(13-11-30)25(33)21(15-29-9-8-20(32)14-29)18-3-5-19(26)6-4-18;;/h3-6,16-17,20-21,32H,2,7-15H2,1H3;2*1H/t17-,20+,21+;;/m1../s1. The van der Waals surface area contributed by atoms with Gasteiger partial charge in [-0.05, 0) is 42.9 Å². The summed E-state index contributed by atoms with van der Waals surface area (Å²) in [6.07, 6.45) is 4.31. The highest BCUT2D eigenvalue weighted by molar-refractivity contribution is 6.30. The first-order chi connectivity index (χ1) is 16.0. The molecule has 1 aliphatic carbocycles. The molecule has 2 aliphatic heterocycles. The lowest BCUT2D eigenvalue weighted by Gasteiger charge is -2.38. The number of β-amino-alcohol motifs (C(OH)–C–C–N with tert-alkyl or cyclic N) is 1. The molecule has 0 spiro atoms. The average Bonchev–Trinajstić information content (AvgIpc) is 3.43. The highest BCUT2D eigenvalue weighted by Crippen LogP contribution is 2.37. The van der Waals surface area contributed by atoms with Gasteiger partial charge >= 0.3 is 0 Å². The first kappa shape index (κ1) is 27.9. The molecule has 5 rings (SSSR count). The third-order valence-corrected chi connectivity index (χ3v) is 7.65. The molecule has 1 N–H and O–H groups in total. The van der Waals surface area contributed by atoms with Crippen molar-refractivity contribution in [2.24, 2.45) is 0 Å². The minimum Gasteiger partial charge on any atom is -0.392 e. The molecule has 10 heteroatoms. The Morgan fingerprint density at radius 3 is 2.46 bits per heavy atom. The number of anilines is 1. The van der Waals surface area contributed by atoms with E-state index < -0.39 is 0 Å². The molecule has 3 heterocycles. The predicted molar refractivity (Wildman–Crippen MR) is 143 cm³/mol. The summed E-state index contributed by atoms with van der Waals surface area (Å²) < 4.78 is 0. The van der Waals surface area contributed by atoms with E-state index in [9.17, 15) is 9.90 Å². The number of nitrogens with zero attached hydrogens (tertiary/aromatic N) is 5. The molecule has 0 bridgehead atoms. The van der Waals surface area contributed by atoms with E-state index in [1.54, 1.807) is 6.33 Å². The van der Waals surface area contributed by atoms with Crippen molar-refractivity contribution in [2.45, 2.75) is 44.1 Å². The summed E-state index contributed by atoms with van der Waals surface area (Å²) in [4.78, 5) is 29.3. The van der Waals surface area contributed by atoms with E-state index in [-0.39, 0.29) is 42.7 Å². The number of amides is 1. The van der Waals surface area contributed by atoms with Crippen molar-refractivity contribution in [3.8, 4) is 0 Å². The van der Waals surface area contributed by atoms with Gasteiger partial charge in [0.2, 0.25) is 5.91 Å². The summed E-state index contributed by atoms with van der Waals surface area (Å²) in [7, 11) is 0. The maximum Gasteiger partial charge on any atom is 0.231 e. The van der Waals surface area contributed by atoms with Crippen molar-refractivity contribution >= 4 is 48.1 Å². The van der Waals surface area contributed by atoms with Gasteiger partial charge in [-0.1, -0.05) is 30.7 Å². The van der Waals surface area contributed by atoms with Crippen molar-refractivity contribution in [1.29, 1.82) is 0 Å². The molecule has 3 aliphatic rings. The number of benzene rings is 1. The third kappa shape index (κ3) is 6.03. The Kier molecular flexibility index (Phi) is 9.63. The van der Waals surface area contributed by atoms with Crippen LogP contribution in [-0.2, 0) is 11.2 Å². The normalized spacial score (nSPS) is 22.8. The topological polar surface area (TPSA) is 72.8 Å². The molecule has 2 fully saturated rings. The van der Waals surface area contributed by atoms with Crippen LogP contribution in [0.15, 0.2) is 30.6 Å². The maximum absolute atomic E-state index is 13.7. The van der Waals surface area contributed by atoms with Crippen LogP contribution in [0.4, 0.5) is 5.82 Å². The van der Waals surface area contributed by atoms with E-state index in [4.69, 9.17) is 11.6 Å². The molecule has 3 atom stereocenters. The minimum atomic E-state index is -0.300. The first-order valence-corrected chi connectivity index (χ1v) is 12.4. The molecule has 0 saturated carbocycles. The highest BCUT2D eigenvalue weighted by atomic mass is 35.5. The van der Waals surface area contributed by atoms with Gasteiger partial charge in [0.1, 0.15) is 12.1 Å². The van der Waals surface area contributed by atoms with Gasteiger partial charge in [-0.2, -0.15) is 0 Å². The molecule has 0 radical (unpaired) electrons. The SMILES string of the molecule is C[C@@H]1CCc2ncnc(N3CCN(C(=O)[C@@H](CN4CC[C@H](O)C4)c4ccc(Cl)cc4)CC3)c21.Cl.Cl. The van der Waals surface area contributed by atoms with E-state index >= 15 is 0 Å². The number of aromatic nitrogens is 2. The van der Waals surface area contributed by atoms with E-state index in [0.29, 0.717) is 37.1 Å². The van der Waals surface area contributed by atoms with Gasteiger partial charge in [-0.25, -0.2) is 9.97 Å². The third-order valence-electron chi connectivity index (χ3n) is 7.40. The molecule has 35 heavy (non-hydrogen) atoms. The second-order valence-electron chi connectivity index (χ2n) is 9.62. The number of hydrogen-bond donors (Lipinski definition) is 1. The summed E-state index contributed by atoms with van der Waals surface area (Å²) >= 11 is 6.10. The molecular formula is C25H34Cl3N5O2. The summed E-state index contributed by atoms with van der Waals surface area (Å²) in [6.45, 7) is 7.23. The van der Waals surface area contributed by atoms with Crippen LogP contribution in [0.2, 0.25) is 5.02 Å². The Balaban J connectivity index is 0.00000171. The van der Waals surface area contributed by atoms with Gasteiger partial charge in [0, 0.05) is 62.1 Å². The number of piperazine rings is 1. The zero-order chi connectivity index (χ0) is 22.9. The minimum absolute atomic E-state index is 0. The van der Waals surface area contributed by atoms with Gasteiger partial charge in [0.15, 0.2) is 0 Å². The smallest absolute Gasteiger partial charge is 0.231 e. The number of carbonyl (C=O) groups is 1. The van der Waals surface area contributed by atoms with E-state index in [2.05, 4.69) is 26.7 Å². The predicted octanol–water partition coefficient (Wildman–Crippen LogP) is 3.52. The molecule has 2 aromatic rings. The summed E-state index contributed by atoms with van der Waals surface area (Å²) in [5.74, 6) is 1.43. The zero-order valence-corrected chi connectivity index (χ0v) is 22.4. The fraction of sp³-hybridized carbons (Fsp3) is 0.560. The summed E-state index contributed by atoms with van der Waals surface area (Å²) in [6, 6.07) is 7.62. The monoisotopic (exact) mass is 541 g/mol. The number of aliphatic hydroxyl groups is 1. The van der Waals surface area contributed by atoms with Gasteiger partial charge < -0.3 is 14.9 Å². The van der Waals surface area contributed by atoms with Crippen molar-refractivity contribution in [3.05, 3.63) is 52.4 Å². The van der Waals surface area contributed by atoms with E-state index in [1.807, 2.05) is 29.2 Å². The van der Waals surface area contributed by atoms with Crippen molar-refractivity contribution < 1.29 is 9.90 Å². The van der Waals surface area contributed by atoms with Crippen LogP contribution in [0.25, 0.3) is 0 Å². The lowest BCUT2D eigenvalue weighted by molar-refractivity contribution is -0.133. The van der Waals surface area contributed by atoms with Crippen LogP contribution < -0.4 is 4.90 Å². The van der Waals surface area contributed by atoms with Crippen LogP contribution >= 0.6 is 36.4 Å². The Hall–Kier alpha value is -1.64. The quantitative estimate of drug-likeness (QED) is 0.623. The van der Waals surface area contributed by atoms with Gasteiger partial charge in [0.05, 0.1) is 12.0 Å². The van der Waals surface area contributed by atoms with Crippen molar-refractivity contribution in [2.75, 3.05) is 50.7 Å². The Labute approximate surface area is 224 Å². The lowest BCUT2D eigenvalue weighted by Crippen LogP contribution is -2.51. The van der Waals surface area contributed by atoms with Crippen molar-refractivity contribution in [1.82, 2.24) is 19.8 Å². The van der Waals surface area contributed by atoms with Crippen LogP contribution in [0, 0.1) is 0 Å². The number of aryl methyl sites for hydroxylation is 1. The number of aliphatic hydroxyl groups excluding tert-OH is 1. The zero-order valence-electron chi connectivity index (χ0n) is 20.0. The lowest BCUT2D eigenvalue weighted by atomic mass is 9.96. The first-order valence-electron chi connectivity index (χ1n) is 12.0. The second kappa shape index (κ2) is 12.1. The Morgan fingerprint density at radius 2 is 1.80 bits per heavy atom. The number of rotatable bonds is 5. The molecular weight excluding hydrogens is 509 g/mol. The van der Waals surface area contributed by atoms with Gasteiger partial charge in [-0.3, -0.25) is 9.69 Å². The number of likely N-dealkylation sites (tertiary alicyclic amines) is 1. The fourth-order valence-electron chi connectivity index (χ4n) is 5.49. The van der Waals surface area contributed by atoms with Gasteiger partial charge in [0.25, 0.3) is 0 Å². The Bertz CT molecular complexity index is 1000. The molecule has 1 amide bonds. The molecule has 0 unspecified atom stereocenters. The number of halogens is 3. The highest BCUT2D eigenvalue weighted by Gasteiger charge is 2.34. The average molecular weight is 543 g/mol. The molecule has 2 saturated heterocycles. The second-order valence-corrected chi connectivity index (χ2v) is 10.1. The largest absolute Gasteiger partial charge is 0.392 e. The number of carbonyl (C=O) groups excluding carboxylic acids is 1. The molecule has 192 valence electrons. The summed E-state index contributed by atoms with van der Waals surface area (Å²) in [5, 5.41) is 10.6. The molecule has 1 aromatic carbocycles. The molecule has 7 nitrogen and oxygen atoms in total. The van der Waals surface area contributed by atoms with E-state index in [1.165, 1.54) is 11.3 Å². The van der Waals surface area contributed by atoms with Crippen LogP contribution in [-0.4, -0.2) is 82.7 Å². The fourth-order valence-corrected chi connectivity index (χ4v) is 5.62. The van der Waals surface area contributed by atoms with E-state index in [0.717, 1.165) is 50.3 Å². The van der Waals surface area contributed by atoms with Gasteiger partial charge in [-0.15, -0.1) is 24.8 Å². The van der Waals surface area contributed by atoms with Crippen LogP contribution in [0.5, 0.6) is 0 Å². The van der Waals surface area contributed by atoms with Crippen LogP contribution in [0.3, 0.4) is 0 Å². The number of fused-ring (bicyclic) bond motifs is 1. The summed E-state index contributed by atoms with van der Waals surface area (Å²) in [5.41, 5.74) is 3.46. The van der Waals surface area contributed by atoms with Crippen LogP contribution in [0.1, 0.15) is 48.4 Å². The maximum atomic E-state index is 13.7.